The third-order valence-corrected chi connectivity index (χ3v) is 6.14. The molecule has 114 valence electrons. The summed E-state index contributed by atoms with van der Waals surface area (Å²) in [5.74, 6) is 0.785. The van der Waals surface area contributed by atoms with Gasteiger partial charge in [0.15, 0.2) is 0 Å². The van der Waals surface area contributed by atoms with Crippen molar-refractivity contribution in [3.63, 3.8) is 0 Å². The fourth-order valence-corrected chi connectivity index (χ4v) is 6.19. The van der Waals surface area contributed by atoms with Gasteiger partial charge < -0.3 is 10.6 Å². The molecule has 2 N–H and O–H groups in total. The molecular weight excluding hydrogens is 256 g/mol. The van der Waals surface area contributed by atoms with Crippen molar-refractivity contribution in [2.24, 2.45) is 22.5 Å². The van der Waals surface area contributed by atoms with Gasteiger partial charge in [0.2, 0.25) is 0 Å². The number of nitrogens with two attached hydrogens (primary N) is 1. The molecule has 0 aromatic heterocycles. The SMILES string of the molecule is CCC12CC3CC(N)(C1)CC(CCCO[N+](=O)[O-])(C3)C2. The van der Waals surface area contributed by atoms with Gasteiger partial charge in [0.05, 0.1) is 6.61 Å². The van der Waals surface area contributed by atoms with Gasteiger partial charge in [-0.15, -0.1) is 10.1 Å². The largest absolute Gasteiger partial charge is 0.325 e. The van der Waals surface area contributed by atoms with Crippen LogP contribution in [0.25, 0.3) is 0 Å². The van der Waals surface area contributed by atoms with Gasteiger partial charge in [0.25, 0.3) is 5.09 Å². The monoisotopic (exact) mass is 282 g/mol. The second-order valence-corrected chi connectivity index (χ2v) is 7.89. The van der Waals surface area contributed by atoms with Crippen LogP contribution in [0.2, 0.25) is 0 Å². The van der Waals surface area contributed by atoms with Crippen LogP contribution < -0.4 is 5.73 Å². The van der Waals surface area contributed by atoms with E-state index in [1.807, 2.05) is 0 Å². The van der Waals surface area contributed by atoms with Crippen LogP contribution in [0.15, 0.2) is 0 Å². The van der Waals surface area contributed by atoms with Gasteiger partial charge in [-0.2, -0.15) is 0 Å². The molecule has 5 nitrogen and oxygen atoms in total. The molecule has 4 aliphatic rings. The van der Waals surface area contributed by atoms with E-state index in [2.05, 4.69) is 11.8 Å². The van der Waals surface area contributed by atoms with Crippen molar-refractivity contribution in [3.05, 3.63) is 10.1 Å². The van der Waals surface area contributed by atoms with Crippen molar-refractivity contribution < 1.29 is 9.92 Å². The molecular formula is C15H26N2O3. The lowest BCUT2D eigenvalue weighted by atomic mass is 9.41. The summed E-state index contributed by atoms with van der Waals surface area (Å²) in [7, 11) is 0. The Balaban J connectivity index is 1.68. The molecule has 0 radical (unpaired) electrons. The average Bonchev–Trinajstić information content (AvgIpc) is 2.31. The Morgan fingerprint density at radius 1 is 1.25 bits per heavy atom. The first-order chi connectivity index (χ1) is 9.38. The van der Waals surface area contributed by atoms with Crippen LogP contribution in [0.4, 0.5) is 0 Å². The molecule has 4 saturated carbocycles. The van der Waals surface area contributed by atoms with Crippen molar-refractivity contribution >= 4 is 0 Å². The highest BCUT2D eigenvalue weighted by Gasteiger charge is 2.60. The lowest BCUT2D eigenvalue weighted by Crippen LogP contribution is -2.63. The molecule has 0 aromatic rings. The molecule has 4 bridgehead atoms. The Kier molecular flexibility index (Phi) is 3.23. The van der Waals surface area contributed by atoms with E-state index in [0.717, 1.165) is 25.2 Å². The first-order valence-corrected chi connectivity index (χ1v) is 7.95. The molecule has 0 amide bonds. The van der Waals surface area contributed by atoms with Gasteiger partial charge in [0, 0.05) is 5.54 Å². The molecule has 0 aliphatic heterocycles. The molecule has 0 spiro atoms. The molecule has 20 heavy (non-hydrogen) atoms. The molecule has 4 fully saturated rings. The zero-order valence-electron chi connectivity index (χ0n) is 12.4. The molecule has 4 rings (SSSR count). The van der Waals surface area contributed by atoms with Crippen LogP contribution in [0.1, 0.15) is 64.7 Å². The fourth-order valence-electron chi connectivity index (χ4n) is 6.19. The number of hydrogen-bond donors (Lipinski definition) is 1. The maximum atomic E-state index is 10.2. The van der Waals surface area contributed by atoms with E-state index < -0.39 is 5.09 Å². The molecule has 4 atom stereocenters. The van der Waals surface area contributed by atoms with E-state index in [-0.39, 0.29) is 12.1 Å². The Morgan fingerprint density at radius 2 is 1.95 bits per heavy atom. The van der Waals surface area contributed by atoms with Crippen molar-refractivity contribution in [1.82, 2.24) is 0 Å². The summed E-state index contributed by atoms with van der Waals surface area (Å²) >= 11 is 0. The van der Waals surface area contributed by atoms with Crippen molar-refractivity contribution in [2.45, 2.75) is 70.3 Å². The summed E-state index contributed by atoms with van der Waals surface area (Å²) in [6.07, 6.45) is 10.5. The van der Waals surface area contributed by atoms with Crippen LogP contribution in [-0.2, 0) is 4.84 Å². The Bertz CT molecular complexity index is 416. The normalized spacial score (nSPS) is 45.6. The topological polar surface area (TPSA) is 78.4 Å². The van der Waals surface area contributed by atoms with Crippen molar-refractivity contribution in [3.8, 4) is 0 Å². The number of rotatable bonds is 6. The second-order valence-electron chi connectivity index (χ2n) is 7.89. The summed E-state index contributed by atoms with van der Waals surface area (Å²) in [4.78, 5) is 14.7. The predicted octanol–water partition coefficient (Wildman–Crippen LogP) is 3.05. The number of hydrogen-bond acceptors (Lipinski definition) is 4. The van der Waals surface area contributed by atoms with Gasteiger partial charge in [-0.25, -0.2) is 0 Å². The fraction of sp³-hybridized carbons (Fsp3) is 1.00. The summed E-state index contributed by atoms with van der Waals surface area (Å²) in [6, 6.07) is 0. The zero-order chi connectivity index (χ0) is 14.4. The molecule has 0 heterocycles. The Morgan fingerprint density at radius 3 is 2.60 bits per heavy atom. The maximum absolute atomic E-state index is 10.2. The standard InChI is InChI=1S/C15H26N2O3/c1-2-13-6-12-7-14(9-13,4-3-5-20-17(18)19)11-15(16,8-12)10-13/h12H,2-11,16H2,1H3. The molecule has 0 saturated heterocycles. The molecule has 4 aliphatic carbocycles. The molecule has 5 heteroatoms. The lowest BCUT2D eigenvalue weighted by Gasteiger charge is -2.66. The lowest BCUT2D eigenvalue weighted by molar-refractivity contribution is -0.757. The van der Waals surface area contributed by atoms with E-state index in [1.54, 1.807) is 0 Å². The highest BCUT2D eigenvalue weighted by molar-refractivity contribution is 5.14. The van der Waals surface area contributed by atoms with Gasteiger partial charge in [-0.05, 0) is 68.1 Å². The third kappa shape index (κ3) is 2.41. The Hall–Kier alpha value is -0.840. The van der Waals surface area contributed by atoms with Crippen molar-refractivity contribution in [1.29, 1.82) is 0 Å². The highest BCUT2D eigenvalue weighted by Crippen LogP contribution is 2.68. The minimum Gasteiger partial charge on any atom is -0.325 e. The summed E-state index contributed by atoms with van der Waals surface area (Å²) in [5, 5.41) is 9.55. The van der Waals surface area contributed by atoms with Crippen LogP contribution in [0.5, 0.6) is 0 Å². The van der Waals surface area contributed by atoms with E-state index in [0.29, 0.717) is 10.8 Å². The zero-order valence-corrected chi connectivity index (χ0v) is 12.4. The highest BCUT2D eigenvalue weighted by atomic mass is 16.9. The maximum Gasteiger partial charge on any atom is 0.294 e. The van der Waals surface area contributed by atoms with Gasteiger partial charge in [-0.3, -0.25) is 0 Å². The molecule has 0 aromatic carbocycles. The second kappa shape index (κ2) is 4.58. The number of nitrogens with zero attached hydrogens (tertiary/aromatic N) is 1. The van der Waals surface area contributed by atoms with E-state index >= 15 is 0 Å². The quantitative estimate of drug-likeness (QED) is 0.461. The first-order valence-electron chi connectivity index (χ1n) is 7.95. The van der Waals surface area contributed by atoms with E-state index in [9.17, 15) is 10.1 Å². The first kappa shape index (κ1) is 14.1. The minimum absolute atomic E-state index is 0.0411. The third-order valence-electron chi connectivity index (χ3n) is 6.14. The van der Waals surface area contributed by atoms with Gasteiger partial charge in [0.1, 0.15) is 0 Å². The minimum atomic E-state index is -0.683. The summed E-state index contributed by atoms with van der Waals surface area (Å²) < 4.78 is 0. The smallest absolute Gasteiger partial charge is 0.294 e. The van der Waals surface area contributed by atoms with Crippen LogP contribution >= 0.6 is 0 Å². The van der Waals surface area contributed by atoms with E-state index in [1.165, 1.54) is 38.5 Å². The Labute approximate surface area is 120 Å². The van der Waals surface area contributed by atoms with Gasteiger partial charge in [-0.1, -0.05) is 13.3 Å². The summed E-state index contributed by atoms with van der Waals surface area (Å²) in [6.45, 7) is 2.54. The molecule has 4 unspecified atom stereocenters. The van der Waals surface area contributed by atoms with Crippen molar-refractivity contribution in [2.75, 3.05) is 6.61 Å². The average molecular weight is 282 g/mol. The van der Waals surface area contributed by atoms with Gasteiger partial charge >= 0.3 is 0 Å². The summed E-state index contributed by atoms with van der Waals surface area (Å²) in [5.41, 5.74) is 7.51. The van der Waals surface area contributed by atoms with Crippen LogP contribution in [0, 0.1) is 26.9 Å². The van der Waals surface area contributed by atoms with Crippen LogP contribution in [-0.4, -0.2) is 17.2 Å². The predicted molar refractivity (Wildman–Crippen MR) is 75.4 cm³/mol. The van der Waals surface area contributed by atoms with Crippen LogP contribution in [0.3, 0.4) is 0 Å². The van der Waals surface area contributed by atoms with E-state index in [4.69, 9.17) is 5.73 Å².